The summed E-state index contributed by atoms with van der Waals surface area (Å²) in [4.78, 5) is 32.9. The molecule has 1 aromatic heterocycles. The van der Waals surface area contributed by atoms with Crippen LogP contribution in [0.1, 0.15) is 18.7 Å². The molecule has 11 nitrogen and oxygen atoms in total. The maximum absolute atomic E-state index is 12.4. The van der Waals surface area contributed by atoms with Crippen LogP contribution in [-0.4, -0.2) is 38.6 Å². The summed E-state index contributed by atoms with van der Waals surface area (Å²) in [5, 5.41) is 28.2. The lowest BCUT2D eigenvalue weighted by atomic mass is 10.2. The van der Waals surface area contributed by atoms with Crippen molar-refractivity contribution < 1.29 is 28.2 Å². The summed E-state index contributed by atoms with van der Waals surface area (Å²) in [6.45, 7) is 1.85. The molecule has 28 heavy (non-hydrogen) atoms. The molecule has 0 bridgehead atoms. The zero-order valence-corrected chi connectivity index (χ0v) is 14.7. The van der Waals surface area contributed by atoms with Crippen molar-refractivity contribution in [2.45, 2.75) is 26.3 Å². The second-order valence-corrected chi connectivity index (χ2v) is 5.68. The summed E-state index contributed by atoms with van der Waals surface area (Å²) in [6, 6.07) is 2.13. The number of anilines is 1. The number of ether oxygens (including phenoxy) is 1. The number of carbonyl (C=O) groups excluding carboxylic acids is 1. The molecule has 1 aromatic carbocycles. The highest BCUT2D eigenvalue weighted by Gasteiger charge is 2.23. The van der Waals surface area contributed by atoms with Gasteiger partial charge in [0, 0.05) is 12.1 Å². The number of halogens is 2. The van der Waals surface area contributed by atoms with Gasteiger partial charge in [-0.3, -0.25) is 29.7 Å². The SMILES string of the molecule is Cc1nn(C(C)C(=O)Nc2cc(OCC(F)F)cc([N+](=O)[O-])c2)cc1[N+](=O)[O-]. The van der Waals surface area contributed by atoms with E-state index in [0.29, 0.717) is 0 Å². The highest BCUT2D eigenvalue weighted by molar-refractivity contribution is 5.94. The summed E-state index contributed by atoms with van der Waals surface area (Å²) in [5.74, 6) is -0.902. The first-order valence-electron chi connectivity index (χ1n) is 7.80. The van der Waals surface area contributed by atoms with Gasteiger partial charge in [-0.1, -0.05) is 0 Å². The van der Waals surface area contributed by atoms with Crippen LogP contribution in [0.4, 0.5) is 25.8 Å². The van der Waals surface area contributed by atoms with Crippen LogP contribution in [0.3, 0.4) is 0 Å². The third-order valence-corrected chi connectivity index (χ3v) is 3.61. The number of rotatable bonds is 8. The molecule has 0 aliphatic rings. The number of aromatic nitrogens is 2. The number of carbonyl (C=O) groups is 1. The minimum absolute atomic E-state index is 0.0614. The Bertz CT molecular complexity index is 916. The normalized spacial score (nSPS) is 11.9. The molecule has 13 heteroatoms. The van der Waals surface area contributed by atoms with Crippen molar-refractivity contribution in [3.8, 4) is 5.75 Å². The molecular formula is C15H15F2N5O6. The molecule has 1 amide bonds. The van der Waals surface area contributed by atoms with Gasteiger partial charge in [0.25, 0.3) is 12.1 Å². The standard InChI is InChI=1S/C15H15F2N5O6/c1-8-13(22(26)27)6-20(19-8)9(2)15(23)18-10-3-11(21(24)25)5-12(4-10)28-7-14(16)17/h3-6,9,14H,7H2,1-2H3,(H,18,23). The molecule has 0 fully saturated rings. The molecule has 0 saturated carbocycles. The second kappa shape index (κ2) is 8.37. The Morgan fingerprint density at radius 2 is 1.96 bits per heavy atom. The number of alkyl halides is 2. The number of nitrogens with one attached hydrogen (secondary N) is 1. The van der Waals surface area contributed by atoms with Crippen LogP contribution < -0.4 is 10.1 Å². The molecule has 2 rings (SSSR count). The molecule has 150 valence electrons. The number of hydrogen-bond donors (Lipinski definition) is 1. The van der Waals surface area contributed by atoms with Gasteiger partial charge in [0.2, 0.25) is 5.91 Å². The van der Waals surface area contributed by atoms with E-state index < -0.39 is 40.5 Å². The lowest BCUT2D eigenvalue weighted by Crippen LogP contribution is -2.24. The van der Waals surface area contributed by atoms with Gasteiger partial charge in [-0.2, -0.15) is 5.10 Å². The highest BCUT2D eigenvalue weighted by atomic mass is 19.3. The van der Waals surface area contributed by atoms with Crippen LogP contribution in [-0.2, 0) is 4.79 Å². The summed E-state index contributed by atoms with van der Waals surface area (Å²) in [6.07, 6.45) is -1.69. The van der Waals surface area contributed by atoms with Crippen molar-refractivity contribution in [1.82, 2.24) is 9.78 Å². The third kappa shape index (κ3) is 4.96. The average molecular weight is 399 g/mol. The van der Waals surface area contributed by atoms with E-state index >= 15 is 0 Å². The number of hydrogen-bond acceptors (Lipinski definition) is 7. The van der Waals surface area contributed by atoms with Gasteiger partial charge < -0.3 is 10.1 Å². The summed E-state index contributed by atoms with van der Waals surface area (Å²) in [5.41, 5.74) is -0.686. The van der Waals surface area contributed by atoms with Gasteiger partial charge in [-0.05, 0) is 13.8 Å². The molecule has 0 spiro atoms. The van der Waals surface area contributed by atoms with Crippen LogP contribution in [0.25, 0.3) is 0 Å². The third-order valence-electron chi connectivity index (χ3n) is 3.61. The van der Waals surface area contributed by atoms with Crippen LogP contribution in [0, 0.1) is 27.2 Å². The fourth-order valence-corrected chi connectivity index (χ4v) is 2.22. The Morgan fingerprint density at radius 1 is 1.29 bits per heavy atom. The average Bonchev–Trinajstić information content (AvgIpc) is 3.01. The maximum atomic E-state index is 12.4. The zero-order valence-electron chi connectivity index (χ0n) is 14.7. The number of amides is 1. The van der Waals surface area contributed by atoms with Gasteiger partial charge in [-0.25, -0.2) is 8.78 Å². The molecule has 1 N–H and O–H groups in total. The number of nitro groups is 2. The van der Waals surface area contributed by atoms with Gasteiger partial charge in [-0.15, -0.1) is 0 Å². The minimum atomic E-state index is -2.78. The van der Waals surface area contributed by atoms with E-state index in [1.807, 2.05) is 0 Å². The van der Waals surface area contributed by atoms with Gasteiger partial charge >= 0.3 is 5.69 Å². The topological polar surface area (TPSA) is 142 Å². The zero-order chi connectivity index (χ0) is 21.0. The monoisotopic (exact) mass is 399 g/mol. The maximum Gasteiger partial charge on any atom is 0.309 e. The predicted octanol–water partition coefficient (Wildman–Crippen LogP) is 2.85. The molecule has 1 heterocycles. The number of non-ortho nitro benzene ring substituents is 1. The van der Waals surface area contributed by atoms with E-state index in [4.69, 9.17) is 4.74 Å². The first-order valence-corrected chi connectivity index (χ1v) is 7.80. The largest absolute Gasteiger partial charge is 0.487 e. The van der Waals surface area contributed by atoms with E-state index in [-0.39, 0.29) is 22.8 Å². The lowest BCUT2D eigenvalue weighted by Gasteiger charge is -2.13. The first kappa shape index (κ1) is 20.7. The molecule has 0 radical (unpaired) electrons. The van der Waals surface area contributed by atoms with Crippen molar-refractivity contribution in [2.24, 2.45) is 0 Å². The number of nitrogens with zero attached hydrogens (tertiary/aromatic N) is 4. The molecule has 0 aliphatic carbocycles. The van der Waals surface area contributed by atoms with Gasteiger partial charge in [0.15, 0.2) is 0 Å². The fourth-order valence-electron chi connectivity index (χ4n) is 2.22. The second-order valence-electron chi connectivity index (χ2n) is 5.68. The van der Waals surface area contributed by atoms with Crippen LogP contribution in [0.5, 0.6) is 5.75 Å². The number of nitro benzene ring substituents is 1. The first-order chi connectivity index (χ1) is 13.1. The Balaban J connectivity index is 2.22. The molecular weight excluding hydrogens is 384 g/mol. The molecule has 0 saturated heterocycles. The molecule has 2 aromatic rings. The lowest BCUT2D eigenvalue weighted by molar-refractivity contribution is -0.385. The van der Waals surface area contributed by atoms with E-state index in [1.54, 1.807) is 0 Å². The van der Waals surface area contributed by atoms with E-state index in [0.717, 1.165) is 29.1 Å². The van der Waals surface area contributed by atoms with Crippen LogP contribution in [0.2, 0.25) is 0 Å². The van der Waals surface area contributed by atoms with Crippen LogP contribution >= 0.6 is 0 Å². The highest BCUT2D eigenvalue weighted by Crippen LogP contribution is 2.27. The molecule has 1 unspecified atom stereocenters. The quantitative estimate of drug-likeness (QED) is 0.531. The minimum Gasteiger partial charge on any atom is -0.487 e. The van der Waals surface area contributed by atoms with Crippen molar-refractivity contribution in [3.05, 3.63) is 50.3 Å². The Hall–Kier alpha value is -3.64. The number of aryl methyl sites for hydroxylation is 1. The van der Waals surface area contributed by atoms with E-state index in [2.05, 4.69) is 10.4 Å². The summed E-state index contributed by atoms with van der Waals surface area (Å²) < 4.78 is 30.4. The summed E-state index contributed by atoms with van der Waals surface area (Å²) >= 11 is 0. The molecule has 0 aliphatic heterocycles. The van der Waals surface area contributed by atoms with Crippen LogP contribution in [0.15, 0.2) is 24.4 Å². The van der Waals surface area contributed by atoms with Crippen molar-refractivity contribution in [3.63, 3.8) is 0 Å². The van der Waals surface area contributed by atoms with Crippen molar-refractivity contribution in [2.75, 3.05) is 11.9 Å². The van der Waals surface area contributed by atoms with Crippen molar-refractivity contribution >= 4 is 23.0 Å². The number of benzene rings is 1. The van der Waals surface area contributed by atoms with Gasteiger partial charge in [0.1, 0.15) is 30.3 Å². The Morgan fingerprint density at radius 3 is 2.50 bits per heavy atom. The predicted molar refractivity (Wildman–Crippen MR) is 91.6 cm³/mol. The smallest absolute Gasteiger partial charge is 0.309 e. The molecule has 1 atom stereocenters. The van der Waals surface area contributed by atoms with Crippen molar-refractivity contribution in [1.29, 1.82) is 0 Å². The van der Waals surface area contributed by atoms with E-state index in [9.17, 15) is 33.8 Å². The summed E-state index contributed by atoms with van der Waals surface area (Å²) in [7, 11) is 0. The Labute approximate surface area is 156 Å². The Kier molecular flexibility index (Phi) is 6.18. The van der Waals surface area contributed by atoms with Gasteiger partial charge in [0.05, 0.1) is 21.6 Å². The fraction of sp³-hybridized carbons (Fsp3) is 0.333. The van der Waals surface area contributed by atoms with E-state index in [1.165, 1.54) is 13.8 Å².